The Bertz CT molecular complexity index is 654. The van der Waals surface area contributed by atoms with Crippen molar-refractivity contribution in [2.24, 2.45) is 0 Å². The third kappa shape index (κ3) is 3.91. The van der Waals surface area contributed by atoms with Crippen molar-refractivity contribution in [3.8, 4) is 0 Å². The van der Waals surface area contributed by atoms with Gasteiger partial charge < -0.3 is 4.90 Å². The van der Waals surface area contributed by atoms with E-state index in [-0.39, 0.29) is 11.9 Å². The average molecular weight is 333 g/mol. The quantitative estimate of drug-likeness (QED) is 0.780. The van der Waals surface area contributed by atoms with Gasteiger partial charge in [-0.05, 0) is 37.8 Å². The molecule has 3 rings (SSSR count). The first kappa shape index (κ1) is 16.0. The maximum Gasteiger partial charge on any atom is 0.223 e. The van der Waals surface area contributed by atoms with Crippen molar-refractivity contribution >= 4 is 17.5 Å². The molecule has 0 spiro atoms. The van der Waals surface area contributed by atoms with Crippen molar-refractivity contribution in [3.05, 3.63) is 47.5 Å². The third-order valence-electron chi connectivity index (χ3n) is 4.25. The molecular formula is C17H21ClN4O. The molecule has 1 aromatic carbocycles. The smallest absolute Gasteiger partial charge is 0.223 e. The van der Waals surface area contributed by atoms with Crippen LogP contribution in [0.3, 0.4) is 0 Å². The summed E-state index contributed by atoms with van der Waals surface area (Å²) in [6.45, 7) is 2.78. The molecule has 0 unspecified atom stereocenters. The van der Waals surface area contributed by atoms with E-state index >= 15 is 0 Å². The van der Waals surface area contributed by atoms with Gasteiger partial charge in [0, 0.05) is 24.0 Å². The van der Waals surface area contributed by atoms with E-state index in [2.05, 4.69) is 17.0 Å². The monoisotopic (exact) mass is 332 g/mol. The van der Waals surface area contributed by atoms with E-state index in [1.807, 2.05) is 29.2 Å². The van der Waals surface area contributed by atoms with Crippen LogP contribution in [-0.2, 0) is 11.3 Å². The molecule has 0 radical (unpaired) electrons. The average Bonchev–Trinajstić information content (AvgIpc) is 3.22. The van der Waals surface area contributed by atoms with Crippen molar-refractivity contribution in [1.82, 2.24) is 19.7 Å². The van der Waals surface area contributed by atoms with Gasteiger partial charge in [-0.25, -0.2) is 4.98 Å². The molecule has 2 aromatic rings. The Morgan fingerprint density at radius 1 is 1.43 bits per heavy atom. The molecule has 1 atom stereocenters. The molecule has 1 heterocycles. The van der Waals surface area contributed by atoms with Gasteiger partial charge in [0.25, 0.3) is 0 Å². The van der Waals surface area contributed by atoms with Crippen LogP contribution in [0.1, 0.15) is 44.2 Å². The Labute approximate surface area is 141 Å². The van der Waals surface area contributed by atoms with Crippen molar-refractivity contribution in [2.45, 2.75) is 51.2 Å². The van der Waals surface area contributed by atoms with E-state index in [4.69, 9.17) is 11.6 Å². The summed E-state index contributed by atoms with van der Waals surface area (Å²) in [5.74, 6) is 0.194. The van der Waals surface area contributed by atoms with Crippen LogP contribution in [0.4, 0.5) is 0 Å². The molecule has 1 aliphatic carbocycles. The first-order valence-electron chi connectivity index (χ1n) is 8.05. The van der Waals surface area contributed by atoms with Gasteiger partial charge in [0.15, 0.2) is 0 Å². The van der Waals surface area contributed by atoms with Crippen molar-refractivity contribution in [2.75, 3.05) is 0 Å². The Kier molecular flexibility index (Phi) is 4.96. The minimum Gasteiger partial charge on any atom is -0.333 e. The van der Waals surface area contributed by atoms with Crippen LogP contribution in [0.2, 0.25) is 5.02 Å². The van der Waals surface area contributed by atoms with Gasteiger partial charge in [0.05, 0.1) is 6.04 Å². The maximum atomic E-state index is 12.7. The van der Waals surface area contributed by atoms with Crippen LogP contribution >= 0.6 is 11.6 Å². The van der Waals surface area contributed by atoms with Crippen molar-refractivity contribution < 1.29 is 4.79 Å². The molecule has 1 saturated carbocycles. The van der Waals surface area contributed by atoms with E-state index in [0.717, 1.165) is 29.8 Å². The van der Waals surface area contributed by atoms with E-state index < -0.39 is 0 Å². The highest BCUT2D eigenvalue weighted by Crippen LogP contribution is 2.37. The Morgan fingerprint density at radius 2 is 2.22 bits per heavy atom. The summed E-state index contributed by atoms with van der Waals surface area (Å²) in [5, 5.41) is 4.79. The van der Waals surface area contributed by atoms with Crippen LogP contribution in [0.5, 0.6) is 0 Å². The second-order valence-corrected chi connectivity index (χ2v) is 6.40. The summed E-state index contributed by atoms with van der Waals surface area (Å²) in [7, 11) is 0. The van der Waals surface area contributed by atoms with Gasteiger partial charge in [-0.15, -0.1) is 0 Å². The van der Waals surface area contributed by atoms with Crippen LogP contribution in [-0.4, -0.2) is 31.6 Å². The molecule has 1 aromatic heterocycles. The standard InChI is InChI=1S/C17H21ClN4O/c1-13(15-5-2-3-6-16(15)18)22(14-8-9-14)17(23)7-4-10-21-12-19-11-20-21/h2-3,5-6,11-14H,4,7-10H2,1H3/t13-/m1/s1. The van der Waals surface area contributed by atoms with Gasteiger partial charge >= 0.3 is 0 Å². The summed E-state index contributed by atoms with van der Waals surface area (Å²) < 4.78 is 1.76. The number of carbonyl (C=O) groups is 1. The number of aromatic nitrogens is 3. The van der Waals surface area contributed by atoms with Crippen LogP contribution in [0.25, 0.3) is 0 Å². The number of hydrogen-bond donors (Lipinski definition) is 0. The first-order valence-corrected chi connectivity index (χ1v) is 8.42. The highest BCUT2D eigenvalue weighted by Gasteiger charge is 2.36. The molecule has 1 aliphatic rings. The lowest BCUT2D eigenvalue weighted by Crippen LogP contribution is -2.35. The summed E-state index contributed by atoms with van der Waals surface area (Å²) in [6, 6.07) is 8.15. The fourth-order valence-corrected chi connectivity index (χ4v) is 3.22. The number of carbonyl (C=O) groups excluding carboxylic acids is 1. The summed E-state index contributed by atoms with van der Waals surface area (Å²) in [5.41, 5.74) is 1.02. The van der Waals surface area contributed by atoms with Crippen LogP contribution in [0.15, 0.2) is 36.9 Å². The first-order chi connectivity index (χ1) is 11.2. The molecule has 122 valence electrons. The molecule has 0 N–H and O–H groups in total. The summed E-state index contributed by atoms with van der Waals surface area (Å²) in [6.07, 6.45) is 6.65. The predicted octanol–water partition coefficient (Wildman–Crippen LogP) is 3.46. The number of hydrogen-bond acceptors (Lipinski definition) is 3. The lowest BCUT2D eigenvalue weighted by molar-refractivity contribution is -0.134. The molecule has 0 saturated heterocycles. The normalized spacial score (nSPS) is 15.4. The largest absolute Gasteiger partial charge is 0.333 e. The molecule has 6 heteroatoms. The van der Waals surface area contributed by atoms with Crippen molar-refractivity contribution in [1.29, 1.82) is 0 Å². The van der Waals surface area contributed by atoms with Crippen LogP contribution < -0.4 is 0 Å². The summed E-state index contributed by atoms with van der Waals surface area (Å²) in [4.78, 5) is 18.6. The van der Waals surface area contributed by atoms with Crippen LogP contribution in [0, 0.1) is 0 Å². The van der Waals surface area contributed by atoms with E-state index in [0.29, 0.717) is 19.0 Å². The minimum absolute atomic E-state index is 0.00932. The second kappa shape index (κ2) is 7.13. The highest BCUT2D eigenvalue weighted by molar-refractivity contribution is 6.31. The SMILES string of the molecule is C[C@H](c1ccccc1Cl)N(C(=O)CCCn1cncn1)C1CC1. The number of halogens is 1. The van der Waals surface area contributed by atoms with Gasteiger partial charge in [-0.1, -0.05) is 29.8 Å². The Balaban J connectivity index is 1.64. The molecule has 1 fully saturated rings. The number of rotatable bonds is 7. The molecule has 0 aliphatic heterocycles. The zero-order valence-electron chi connectivity index (χ0n) is 13.2. The molecule has 5 nitrogen and oxygen atoms in total. The third-order valence-corrected chi connectivity index (χ3v) is 4.59. The fourth-order valence-electron chi connectivity index (χ4n) is 2.92. The predicted molar refractivity (Wildman–Crippen MR) is 89.0 cm³/mol. The van der Waals surface area contributed by atoms with Gasteiger partial charge in [-0.3, -0.25) is 9.48 Å². The zero-order valence-corrected chi connectivity index (χ0v) is 14.0. The van der Waals surface area contributed by atoms with E-state index in [1.165, 1.54) is 6.33 Å². The molecular weight excluding hydrogens is 312 g/mol. The molecule has 1 amide bonds. The highest BCUT2D eigenvalue weighted by atomic mass is 35.5. The molecule has 0 bridgehead atoms. The van der Waals surface area contributed by atoms with Gasteiger partial charge in [-0.2, -0.15) is 5.10 Å². The lowest BCUT2D eigenvalue weighted by atomic mass is 10.1. The second-order valence-electron chi connectivity index (χ2n) is 5.99. The minimum atomic E-state index is 0.00932. The van der Waals surface area contributed by atoms with E-state index in [1.54, 1.807) is 11.0 Å². The topological polar surface area (TPSA) is 51.0 Å². The summed E-state index contributed by atoms with van der Waals surface area (Å²) >= 11 is 6.31. The maximum absolute atomic E-state index is 12.7. The Morgan fingerprint density at radius 3 is 2.87 bits per heavy atom. The van der Waals surface area contributed by atoms with Gasteiger partial charge in [0.1, 0.15) is 12.7 Å². The molecule has 23 heavy (non-hydrogen) atoms. The fraction of sp³-hybridized carbons (Fsp3) is 0.471. The van der Waals surface area contributed by atoms with E-state index in [9.17, 15) is 4.79 Å². The number of nitrogens with zero attached hydrogens (tertiary/aromatic N) is 4. The lowest BCUT2D eigenvalue weighted by Gasteiger charge is -2.30. The number of aryl methyl sites for hydroxylation is 1. The van der Waals surface area contributed by atoms with Crippen molar-refractivity contribution in [3.63, 3.8) is 0 Å². The van der Waals surface area contributed by atoms with Gasteiger partial charge in [0.2, 0.25) is 5.91 Å². The number of benzene rings is 1. The number of amides is 1. The zero-order chi connectivity index (χ0) is 16.2. The Hall–Kier alpha value is -1.88.